The van der Waals surface area contributed by atoms with Gasteiger partial charge in [-0.15, -0.1) is 0 Å². The van der Waals surface area contributed by atoms with Gasteiger partial charge in [0.2, 0.25) is 5.91 Å². The third-order valence-electron chi connectivity index (χ3n) is 9.01. The van der Waals surface area contributed by atoms with Gasteiger partial charge in [0.05, 0.1) is 24.0 Å². The molecule has 1 spiro atoms. The number of amides is 1. The zero-order chi connectivity index (χ0) is 29.6. The van der Waals surface area contributed by atoms with Crippen LogP contribution in [0.25, 0.3) is 11.1 Å². The predicted octanol–water partition coefficient (Wildman–Crippen LogP) is 6.19. The Morgan fingerprint density at radius 1 is 1.00 bits per heavy atom. The van der Waals surface area contributed by atoms with Gasteiger partial charge in [-0.2, -0.15) is 0 Å². The average molecular weight is 579 g/mol. The van der Waals surface area contributed by atoms with Gasteiger partial charge in [-0.25, -0.2) is 14.4 Å². The number of likely N-dealkylation sites (tertiary alicyclic amines) is 1. The van der Waals surface area contributed by atoms with Gasteiger partial charge in [-0.1, -0.05) is 26.0 Å². The van der Waals surface area contributed by atoms with Crippen LogP contribution >= 0.6 is 0 Å². The van der Waals surface area contributed by atoms with E-state index in [1.54, 1.807) is 24.7 Å². The first-order valence-corrected chi connectivity index (χ1v) is 15.0. The third kappa shape index (κ3) is 5.45. The summed E-state index contributed by atoms with van der Waals surface area (Å²) in [5.74, 6) is 1.05. The van der Waals surface area contributed by atoms with Crippen LogP contribution in [0.2, 0.25) is 0 Å². The molecule has 8 nitrogen and oxygen atoms in total. The summed E-state index contributed by atoms with van der Waals surface area (Å²) in [4.78, 5) is 29.8. The van der Waals surface area contributed by atoms with Crippen molar-refractivity contribution < 1.29 is 13.9 Å². The number of pyridine rings is 1. The van der Waals surface area contributed by atoms with Crippen LogP contribution < -0.4 is 15.0 Å². The zero-order valence-corrected chi connectivity index (χ0v) is 24.5. The topological polar surface area (TPSA) is 83.5 Å². The SMILES string of the molecule is CC(C)c1ncncc1-c1cc(F)ccc1Oc1cnccc1N1CCC2(CCN(Cc3ccc4c(c3)NC(=O)C4)C2)C1. The van der Waals surface area contributed by atoms with Crippen LogP contribution in [0.5, 0.6) is 11.5 Å². The molecule has 43 heavy (non-hydrogen) atoms. The van der Waals surface area contributed by atoms with Crippen LogP contribution in [-0.4, -0.2) is 51.9 Å². The molecule has 9 heteroatoms. The number of hydrogen-bond acceptors (Lipinski definition) is 7. The van der Waals surface area contributed by atoms with Gasteiger partial charge >= 0.3 is 0 Å². The zero-order valence-electron chi connectivity index (χ0n) is 24.5. The number of nitrogens with zero attached hydrogens (tertiary/aromatic N) is 5. The number of halogens is 1. The van der Waals surface area contributed by atoms with Gasteiger partial charge in [0.15, 0.2) is 5.75 Å². The van der Waals surface area contributed by atoms with E-state index in [4.69, 9.17) is 4.74 Å². The van der Waals surface area contributed by atoms with Crippen molar-refractivity contribution in [2.75, 3.05) is 36.4 Å². The van der Waals surface area contributed by atoms with Crippen molar-refractivity contribution in [1.29, 1.82) is 0 Å². The Bertz CT molecular complexity index is 1690. The molecule has 0 aliphatic carbocycles. The van der Waals surface area contributed by atoms with Crippen molar-refractivity contribution in [1.82, 2.24) is 19.9 Å². The number of nitrogens with one attached hydrogen (secondary N) is 1. The number of benzene rings is 2. The fraction of sp³-hybridized carbons (Fsp3) is 0.353. The Morgan fingerprint density at radius 2 is 1.88 bits per heavy atom. The highest BCUT2D eigenvalue weighted by Gasteiger charge is 2.44. The van der Waals surface area contributed by atoms with Gasteiger partial charge in [-0.05, 0) is 66.8 Å². The lowest BCUT2D eigenvalue weighted by Gasteiger charge is -2.27. The van der Waals surface area contributed by atoms with E-state index in [1.165, 1.54) is 24.0 Å². The van der Waals surface area contributed by atoms with Gasteiger partial charge in [0, 0.05) is 60.8 Å². The van der Waals surface area contributed by atoms with Crippen LogP contribution in [0.4, 0.5) is 15.8 Å². The maximum atomic E-state index is 14.5. The second-order valence-electron chi connectivity index (χ2n) is 12.4. The molecule has 1 amide bonds. The summed E-state index contributed by atoms with van der Waals surface area (Å²) in [5.41, 5.74) is 6.69. The Morgan fingerprint density at radius 3 is 2.77 bits per heavy atom. The minimum atomic E-state index is -0.343. The highest BCUT2D eigenvalue weighted by Crippen LogP contribution is 2.45. The summed E-state index contributed by atoms with van der Waals surface area (Å²) in [6, 6.07) is 12.9. The van der Waals surface area contributed by atoms with Crippen molar-refractivity contribution in [3.63, 3.8) is 0 Å². The Labute approximate surface area is 250 Å². The molecule has 2 aromatic carbocycles. The van der Waals surface area contributed by atoms with E-state index in [0.29, 0.717) is 23.5 Å². The highest BCUT2D eigenvalue weighted by molar-refractivity contribution is 5.99. The van der Waals surface area contributed by atoms with Gasteiger partial charge in [0.25, 0.3) is 0 Å². The number of anilines is 2. The fourth-order valence-corrected chi connectivity index (χ4v) is 6.89. The summed E-state index contributed by atoms with van der Waals surface area (Å²) in [7, 11) is 0. The number of ether oxygens (including phenoxy) is 1. The second kappa shape index (κ2) is 11.0. The first kappa shape index (κ1) is 27.5. The van der Waals surface area contributed by atoms with E-state index >= 15 is 0 Å². The number of fused-ring (bicyclic) bond motifs is 1. The minimum absolute atomic E-state index is 0.0721. The average Bonchev–Trinajstić information content (AvgIpc) is 3.71. The minimum Gasteiger partial charge on any atom is -0.453 e. The smallest absolute Gasteiger partial charge is 0.228 e. The monoisotopic (exact) mass is 578 g/mol. The van der Waals surface area contributed by atoms with Crippen molar-refractivity contribution in [2.45, 2.75) is 45.6 Å². The number of hydrogen-bond donors (Lipinski definition) is 1. The molecule has 5 heterocycles. The Kier molecular flexibility index (Phi) is 7.05. The van der Waals surface area contributed by atoms with Crippen LogP contribution in [0.3, 0.4) is 0 Å². The summed E-state index contributed by atoms with van der Waals surface area (Å²) in [6.45, 7) is 8.94. The molecule has 0 saturated carbocycles. The number of carbonyl (C=O) groups excluding carboxylic acids is 1. The second-order valence-corrected chi connectivity index (χ2v) is 12.4. The van der Waals surface area contributed by atoms with Crippen molar-refractivity contribution in [2.24, 2.45) is 5.41 Å². The largest absolute Gasteiger partial charge is 0.453 e. The molecule has 0 bridgehead atoms. The molecule has 4 aromatic rings. The Balaban J connectivity index is 1.09. The van der Waals surface area contributed by atoms with Crippen LogP contribution in [0.1, 0.15) is 49.4 Å². The highest BCUT2D eigenvalue weighted by atomic mass is 19.1. The molecule has 3 aliphatic heterocycles. The van der Waals surface area contributed by atoms with Crippen LogP contribution in [0.15, 0.2) is 67.4 Å². The quantitative estimate of drug-likeness (QED) is 0.280. The summed E-state index contributed by atoms with van der Waals surface area (Å²) >= 11 is 0. The molecule has 1 atom stereocenters. The molecule has 3 aliphatic rings. The molecular weight excluding hydrogens is 543 g/mol. The van der Waals surface area contributed by atoms with Gasteiger partial charge in [0.1, 0.15) is 17.9 Å². The summed E-state index contributed by atoms with van der Waals surface area (Å²) < 4.78 is 21.0. The van der Waals surface area contributed by atoms with E-state index in [-0.39, 0.29) is 23.1 Å². The number of aromatic nitrogens is 3. The lowest BCUT2D eigenvalue weighted by molar-refractivity contribution is -0.115. The van der Waals surface area contributed by atoms with Crippen LogP contribution in [0, 0.1) is 11.2 Å². The standard InChI is InChI=1S/C34H35FN6O2/c1-22(2)33-27(16-37-21-38-33)26-15-25(35)5-6-30(26)43-31-17-36-10-7-29(31)41-12-9-34(20-41)8-11-40(19-34)18-23-3-4-24-14-32(42)39-28(24)13-23/h3-7,10,13,15-17,21-22H,8-9,11-12,14,18-20H2,1-2H3,(H,39,42). The summed E-state index contributed by atoms with van der Waals surface area (Å²) in [5, 5.41) is 2.97. The van der Waals surface area contributed by atoms with E-state index < -0.39 is 0 Å². The van der Waals surface area contributed by atoms with Crippen molar-refractivity contribution in [3.05, 3.63) is 90.0 Å². The fourth-order valence-electron chi connectivity index (χ4n) is 6.89. The maximum absolute atomic E-state index is 14.5. The maximum Gasteiger partial charge on any atom is 0.228 e. The third-order valence-corrected chi connectivity index (χ3v) is 9.01. The summed E-state index contributed by atoms with van der Waals surface area (Å²) in [6.07, 6.45) is 9.51. The molecule has 2 aromatic heterocycles. The molecular formula is C34H35FN6O2. The molecule has 7 rings (SSSR count). The lowest BCUT2D eigenvalue weighted by atomic mass is 9.86. The molecule has 2 fully saturated rings. The first-order chi connectivity index (χ1) is 20.9. The predicted molar refractivity (Wildman–Crippen MR) is 164 cm³/mol. The van der Waals surface area contributed by atoms with E-state index in [1.807, 2.05) is 6.07 Å². The van der Waals surface area contributed by atoms with Crippen LogP contribution in [-0.2, 0) is 17.8 Å². The normalized spacial score (nSPS) is 19.8. The van der Waals surface area contributed by atoms with E-state index in [9.17, 15) is 9.18 Å². The molecule has 0 radical (unpaired) electrons. The van der Waals surface area contributed by atoms with Crippen molar-refractivity contribution >= 4 is 17.3 Å². The van der Waals surface area contributed by atoms with Gasteiger partial charge in [-0.3, -0.25) is 14.7 Å². The van der Waals surface area contributed by atoms with Gasteiger partial charge < -0.3 is 15.0 Å². The molecule has 220 valence electrons. The number of carbonyl (C=O) groups is 1. The molecule has 2 saturated heterocycles. The van der Waals surface area contributed by atoms with E-state index in [0.717, 1.165) is 73.8 Å². The van der Waals surface area contributed by atoms with Crippen molar-refractivity contribution in [3.8, 4) is 22.6 Å². The van der Waals surface area contributed by atoms with E-state index in [2.05, 4.69) is 62.1 Å². The molecule has 1 N–H and O–H groups in total. The lowest BCUT2D eigenvalue weighted by Crippen LogP contribution is -2.30. The Hall–Kier alpha value is -4.37. The number of rotatable bonds is 7. The molecule has 1 unspecified atom stereocenters. The first-order valence-electron chi connectivity index (χ1n) is 15.0.